The van der Waals surface area contributed by atoms with Crippen LogP contribution in [0.1, 0.15) is 34.1 Å². The summed E-state index contributed by atoms with van der Waals surface area (Å²) in [6.07, 6.45) is 0.849. The van der Waals surface area contributed by atoms with Crippen LogP contribution >= 0.6 is 0 Å². The van der Waals surface area contributed by atoms with E-state index in [4.69, 9.17) is 4.74 Å². The fourth-order valence-corrected chi connectivity index (χ4v) is 0.782. The molecule has 0 fully saturated rings. The number of ether oxygens (including phenoxy) is 1. The van der Waals surface area contributed by atoms with Crippen LogP contribution in [0.3, 0.4) is 0 Å². The van der Waals surface area contributed by atoms with Gasteiger partial charge in [0.2, 0.25) is 0 Å². The van der Waals surface area contributed by atoms with Crippen molar-refractivity contribution in [3.05, 3.63) is 0 Å². The lowest BCUT2D eigenvalue weighted by atomic mass is 10.1. The van der Waals surface area contributed by atoms with E-state index in [1.165, 1.54) is 0 Å². The minimum atomic E-state index is 0.150. The molecule has 0 aliphatic heterocycles. The molecule has 2 heteroatoms. The first-order valence-corrected chi connectivity index (χ1v) is 4.62. The Kier molecular flexibility index (Phi) is 5.99. The summed E-state index contributed by atoms with van der Waals surface area (Å²) in [5.74, 6) is 0.984. The highest BCUT2D eigenvalue weighted by molar-refractivity contribution is 5.77. The average molecular weight is 172 g/mol. The van der Waals surface area contributed by atoms with E-state index in [0.717, 1.165) is 13.0 Å². The molecule has 1 unspecified atom stereocenters. The topological polar surface area (TPSA) is 26.3 Å². The van der Waals surface area contributed by atoms with Gasteiger partial charge in [0.1, 0.15) is 5.78 Å². The number of carbonyl (C=O) groups excluding carboxylic acids is 1. The molecule has 0 aromatic carbocycles. The van der Waals surface area contributed by atoms with Crippen molar-refractivity contribution in [3.8, 4) is 0 Å². The minimum absolute atomic E-state index is 0.150. The number of hydrogen-bond donors (Lipinski definition) is 0. The Morgan fingerprint density at radius 2 is 1.92 bits per heavy atom. The van der Waals surface area contributed by atoms with Crippen LogP contribution in [0.5, 0.6) is 0 Å². The van der Waals surface area contributed by atoms with Gasteiger partial charge in [-0.05, 0) is 19.3 Å². The van der Waals surface area contributed by atoms with Gasteiger partial charge in [0.05, 0.1) is 0 Å². The third-order valence-corrected chi connectivity index (χ3v) is 1.84. The van der Waals surface area contributed by atoms with Gasteiger partial charge in [-0.2, -0.15) is 0 Å². The lowest BCUT2D eigenvalue weighted by Crippen LogP contribution is -2.11. The maximum atomic E-state index is 10.8. The molecule has 1 atom stereocenters. The molecule has 0 aromatic heterocycles. The lowest BCUT2D eigenvalue weighted by Gasteiger charge is -2.09. The van der Waals surface area contributed by atoms with Gasteiger partial charge in [-0.15, -0.1) is 0 Å². The quantitative estimate of drug-likeness (QED) is 0.574. The van der Waals surface area contributed by atoms with Crippen LogP contribution in [0, 0.1) is 11.8 Å². The molecule has 0 saturated heterocycles. The fraction of sp³-hybridized carbons (Fsp3) is 0.900. The molecule has 0 N–H and O–H groups in total. The van der Waals surface area contributed by atoms with Crippen molar-refractivity contribution in [3.63, 3.8) is 0 Å². The molecular weight excluding hydrogens is 152 g/mol. The summed E-state index contributed by atoms with van der Waals surface area (Å²) in [5.41, 5.74) is 0. The van der Waals surface area contributed by atoms with Crippen molar-refractivity contribution in [2.24, 2.45) is 11.8 Å². The lowest BCUT2D eigenvalue weighted by molar-refractivity contribution is -0.120. The van der Waals surface area contributed by atoms with Crippen LogP contribution in [0.15, 0.2) is 0 Å². The maximum Gasteiger partial charge on any atom is 0.132 e. The van der Waals surface area contributed by atoms with Crippen LogP contribution in [0.4, 0.5) is 0 Å². The minimum Gasteiger partial charge on any atom is -0.381 e. The van der Waals surface area contributed by atoms with Crippen molar-refractivity contribution in [2.75, 3.05) is 13.2 Å². The second-order valence-electron chi connectivity index (χ2n) is 3.77. The Morgan fingerprint density at radius 3 is 2.33 bits per heavy atom. The first-order valence-electron chi connectivity index (χ1n) is 4.62. The number of ketones is 1. The van der Waals surface area contributed by atoms with Gasteiger partial charge >= 0.3 is 0 Å². The summed E-state index contributed by atoms with van der Waals surface area (Å²) in [5, 5.41) is 0. The smallest absolute Gasteiger partial charge is 0.132 e. The predicted molar refractivity (Wildman–Crippen MR) is 50.1 cm³/mol. The Balaban J connectivity index is 3.25. The third-order valence-electron chi connectivity index (χ3n) is 1.84. The summed E-state index contributed by atoms with van der Waals surface area (Å²) in [6, 6.07) is 0. The molecule has 0 aliphatic rings. The van der Waals surface area contributed by atoms with E-state index in [-0.39, 0.29) is 11.7 Å². The summed E-state index contributed by atoms with van der Waals surface area (Å²) in [4.78, 5) is 10.8. The first-order chi connectivity index (χ1) is 5.54. The monoisotopic (exact) mass is 172 g/mol. The van der Waals surface area contributed by atoms with Gasteiger partial charge < -0.3 is 4.74 Å². The molecule has 0 bridgehead atoms. The molecule has 0 radical (unpaired) electrons. The van der Waals surface area contributed by atoms with Gasteiger partial charge in [0.15, 0.2) is 0 Å². The highest BCUT2D eigenvalue weighted by Crippen LogP contribution is 2.03. The third kappa shape index (κ3) is 6.35. The van der Waals surface area contributed by atoms with Crippen molar-refractivity contribution < 1.29 is 9.53 Å². The molecule has 0 saturated carbocycles. The molecule has 0 rings (SSSR count). The summed E-state index contributed by atoms with van der Waals surface area (Å²) < 4.78 is 5.36. The summed E-state index contributed by atoms with van der Waals surface area (Å²) in [7, 11) is 0. The van der Waals surface area contributed by atoms with Crippen molar-refractivity contribution in [1.82, 2.24) is 0 Å². The first kappa shape index (κ1) is 11.6. The van der Waals surface area contributed by atoms with Gasteiger partial charge in [-0.3, -0.25) is 4.79 Å². The SMILES string of the molecule is CC(=O)C(C)CCOCC(C)C. The predicted octanol–water partition coefficient (Wildman–Crippen LogP) is 2.27. The van der Waals surface area contributed by atoms with Gasteiger partial charge in [0.25, 0.3) is 0 Å². The van der Waals surface area contributed by atoms with Crippen LogP contribution in [0.2, 0.25) is 0 Å². The van der Waals surface area contributed by atoms with E-state index < -0.39 is 0 Å². The highest BCUT2D eigenvalue weighted by Gasteiger charge is 2.06. The molecule has 0 heterocycles. The molecule has 0 aromatic rings. The second-order valence-corrected chi connectivity index (χ2v) is 3.77. The van der Waals surface area contributed by atoms with Crippen LogP contribution in [-0.2, 0) is 9.53 Å². The van der Waals surface area contributed by atoms with Crippen molar-refractivity contribution in [2.45, 2.75) is 34.1 Å². The van der Waals surface area contributed by atoms with E-state index in [2.05, 4.69) is 13.8 Å². The molecule has 0 spiro atoms. The molecule has 0 amide bonds. The number of Topliss-reactive ketones (excluding diaryl/α,β-unsaturated/α-hetero) is 1. The second kappa shape index (κ2) is 6.18. The fourth-order valence-electron chi connectivity index (χ4n) is 0.782. The van der Waals surface area contributed by atoms with E-state index >= 15 is 0 Å². The molecule has 0 aliphatic carbocycles. The van der Waals surface area contributed by atoms with E-state index in [1.54, 1.807) is 6.92 Å². The van der Waals surface area contributed by atoms with Crippen LogP contribution in [-0.4, -0.2) is 19.0 Å². The average Bonchev–Trinajstić information content (AvgIpc) is 1.97. The number of rotatable bonds is 6. The Morgan fingerprint density at radius 1 is 1.33 bits per heavy atom. The van der Waals surface area contributed by atoms with Crippen molar-refractivity contribution >= 4 is 5.78 Å². The van der Waals surface area contributed by atoms with E-state index in [1.807, 2.05) is 6.92 Å². The normalized spacial score (nSPS) is 13.4. The van der Waals surface area contributed by atoms with Crippen LogP contribution < -0.4 is 0 Å². The zero-order chi connectivity index (χ0) is 9.56. The molecule has 12 heavy (non-hydrogen) atoms. The molecule has 2 nitrogen and oxygen atoms in total. The summed E-state index contributed by atoms with van der Waals surface area (Å²) in [6.45, 7) is 9.32. The number of carbonyl (C=O) groups is 1. The Hall–Kier alpha value is -0.370. The Bertz CT molecular complexity index is 130. The maximum absolute atomic E-state index is 10.8. The molecule has 72 valence electrons. The molecular formula is C10H20O2. The largest absolute Gasteiger partial charge is 0.381 e. The Labute approximate surface area is 75.3 Å². The van der Waals surface area contributed by atoms with Crippen LogP contribution in [0.25, 0.3) is 0 Å². The number of hydrogen-bond acceptors (Lipinski definition) is 2. The summed E-state index contributed by atoms with van der Waals surface area (Å²) >= 11 is 0. The highest BCUT2D eigenvalue weighted by atomic mass is 16.5. The van der Waals surface area contributed by atoms with E-state index in [0.29, 0.717) is 12.5 Å². The van der Waals surface area contributed by atoms with Crippen molar-refractivity contribution in [1.29, 1.82) is 0 Å². The standard InChI is InChI=1S/C10H20O2/c1-8(2)7-12-6-5-9(3)10(4)11/h8-9H,5-7H2,1-4H3. The van der Waals surface area contributed by atoms with Gasteiger partial charge in [0, 0.05) is 19.1 Å². The zero-order valence-corrected chi connectivity index (χ0v) is 8.59. The zero-order valence-electron chi connectivity index (χ0n) is 8.59. The van der Waals surface area contributed by atoms with Gasteiger partial charge in [-0.25, -0.2) is 0 Å². The van der Waals surface area contributed by atoms with Gasteiger partial charge in [-0.1, -0.05) is 20.8 Å². The van der Waals surface area contributed by atoms with E-state index in [9.17, 15) is 4.79 Å².